The number of carbonyl (C=O) groups excluding carboxylic acids is 1. The molecule has 24 heavy (non-hydrogen) atoms. The predicted molar refractivity (Wildman–Crippen MR) is 94.9 cm³/mol. The molecule has 0 N–H and O–H groups in total. The average molecular weight is 395 g/mol. The van der Waals surface area contributed by atoms with E-state index in [0.717, 1.165) is 48.3 Å². The van der Waals surface area contributed by atoms with Crippen LogP contribution in [0.2, 0.25) is 0 Å². The van der Waals surface area contributed by atoms with Crippen molar-refractivity contribution in [1.82, 2.24) is 19.5 Å². The van der Waals surface area contributed by atoms with Crippen molar-refractivity contribution in [1.29, 1.82) is 0 Å². The molecule has 1 amide bonds. The van der Waals surface area contributed by atoms with Crippen molar-refractivity contribution in [2.75, 3.05) is 13.1 Å². The van der Waals surface area contributed by atoms with Crippen molar-refractivity contribution < 1.29 is 9.53 Å². The van der Waals surface area contributed by atoms with Crippen LogP contribution in [-0.4, -0.2) is 44.3 Å². The number of fused-ring (bicyclic) bond motifs is 1. The molecule has 7 heteroatoms. The predicted octanol–water partition coefficient (Wildman–Crippen LogP) is 3.68. The molecular weight excluding hydrogens is 372 g/mol. The second-order valence-corrected chi connectivity index (χ2v) is 8.10. The van der Waals surface area contributed by atoms with E-state index in [2.05, 4.69) is 26.0 Å². The molecule has 1 saturated heterocycles. The standard InChI is InChI=1S/C17H23BrN4O2/c1-17(2,3)24-16(23)21-8-6-12(7-9-21)10-13-4-5-15-19-11-14(18)22(15)20-13/h4-5,11-12H,6-10H2,1-3H3. The molecule has 3 heterocycles. The van der Waals surface area contributed by atoms with Gasteiger partial charge in [-0.1, -0.05) is 0 Å². The van der Waals surface area contributed by atoms with Gasteiger partial charge in [0.2, 0.25) is 0 Å². The van der Waals surface area contributed by atoms with Crippen molar-refractivity contribution in [3.63, 3.8) is 0 Å². The number of imidazole rings is 1. The molecule has 6 nitrogen and oxygen atoms in total. The van der Waals surface area contributed by atoms with Gasteiger partial charge in [0.1, 0.15) is 10.2 Å². The lowest BCUT2D eigenvalue weighted by Gasteiger charge is -2.33. The van der Waals surface area contributed by atoms with Crippen molar-refractivity contribution in [2.24, 2.45) is 5.92 Å². The molecule has 1 aliphatic heterocycles. The van der Waals surface area contributed by atoms with Gasteiger partial charge in [0.05, 0.1) is 11.9 Å². The Balaban J connectivity index is 1.56. The Bertz CT molecular complexity index is 730. The van der Waals surface area contributed by atoms with E-state index < -0.39 is 5.60 Å². The third-order valence-electron chi connectivity index (χ3n) is 4.14. The Labute approximate surface area is 150 Å². The van der Waals surface area contributed by atoms with Gasteiger partial charge in [-0.05, 0) is 74.0 Å². The molecule has 0 aromatic carbocycles. The van der Waals surface area contributed by atoms with Crippen LogP contribution in [0.1, 0.15) is 39.3 Å². The van der Waals surface area contributed by atoms with Crippen LogP contribution in [0.5, 0.6) is 0 Å². The van der Waals surface area contributed by atoms with E-state index in [-0.39, 0.29) is 6.09 Å². The van der Waals surface area contributed by atoms with Crippen LogP contribution in [0, 0.1) is 5.92 Å². The van der Waals surface area contributed by atoms with E-state index in [9.17, 15) is 4.79 Å². The summed E-state index contributed by atoms with van der Waals surface area (Å²) in [7, 11) is 0. The second kappa shape index (κ2) is 6.70. The normalized spacial score (nSPS) is 16.6. The average Bonchev–Trinajstić information content (AvgIpc) is 2.87. The number of amides is 1. The Morgan fingerprint density at radius 1 is 1.33 bits per heavy atom. The molecule has 0 aliphatic carbocycles. The molecule has 1 aliphatic rings. The van der Waals surface area contributed by atoms with Crippen molar-refractivity contribution >= 4 is 27.7 Å². The number of hydrogen-bond acceptors (Lipinski definition) is 4. The fraction of sp³-hybridized carbons (Fsp3) is 0.588. The van der Waals surface area contributed by atoms with Gasteiger partial charge in [-0.25, -0.2) is 14.3 Å². The van der Waals surface area contributed by atoms with Crippen LogP contribution in [0.3, 0.4) is 0 Å². The molecule has 130 valence electrons. The lowest BCUT2D eigenvalue weighted by atomic mass is 9.92. The Morgan fingerprint density at radius 3 is 2.71 bits per heavy atom. The van der Waals surface area contributed by atoms with Crippen LogP contribution in [0.25, 0.3) is 5.65 Å². The minimum Gasteiger partial charge on any atom is -0.444 e. The van der Waals surface area contributed by atoms with Gasteiger partial charge in [-0.3, -0.25) is 0 Å². The molecule has 3 rings (SSSR count). The lowest BCUT2D eigenvalue weighted by Crippen LogP contribution is -2.42. The molecule has 1 fully saturated rings. The zero-order valence-corrected chi connectivity index (χ0v) is 15.9. The van der Waals surface area contributed by atoms with E-state index in [1.165, 1.54) is 0 Å². The first-order valence-electron chi connectivity index (χ1n) is 8.29. The number of halogens is 1. The second-order valence-electron chi connectivity index (χ2n) is 7.29. The number of nitrogens with zero attached hydrogens (tertiary/aromatic N) is 4. The van der Waals surface area contributed by atoms with Gasteiger partial charge in [0.25, 0.3) is 0 Å². The summed E-state index contributed by atoms with van der Waals surface area (Å²) in [6.07, 6.45) is 4.42. The van der Waals surface area contributed by atoms with E-state index in [4.69, 9.17) is 4.74 Å². The fourth-order valence-electron chi connectivity index (χ4n) is 2.93. The highest BCUT2D eigenvalue weighted by Crippen LogP contribution is 2.23. The number of carbonyl (C=O) groups is 1. The Hall–Kier alpha value is -1.63. The number of piperidine rings is 1. The summed E-state index contributed by atoms with van der Waals surface area (Å²) in [6, 6.07) is 4.03. The van der Waals surface area contributed by atoms with E-state index >= 15 is 0 Å². The number of likely N-dealkylation sites (tertiary alicyclic amines) is 1. The molecule has 2 aromatic rings. The van der Waals surface area contributed by atoms with Crippen LogP contribution in [-0.2, 0) is 11.2 Å². The van der Waals surface area contributed by atoms with Gasteiger partial charge < -0.3 is 9.64 Å². The molecule has 0 unspecified atom stereocenters. The molecule has 0 spiro atoms. The molecule has 0 radical (unpaired) electrons. The SMILES string of the molecule is CC(C)(C)OC(=O)N1CCC(Cc2ccc3ncc(Br)n3n2)CC1. The first-order chi connectivity index (χ1) is 11.3. The molecule has 0 saturated carbocycles. The number of ether oxygens (including phenoxy) is 1. The quantitative estimate of drug-likeness (QED) is 0.779. The third-order valence-corrected chi connectivity index (χ3v) is 4.68. The summed E-state index contributed by atoms with van der Waals surface area (Å²) in [4.78, 5) is 18.2. The van der Waals surface area contributed by atoms with Gasteiger partial charge >= 0.3 is 6.09 Å². The Morgan fingerprint density at radius 2 is 2.04 bits per heavy atom. The summed E-state index contributed by atoms with van der Waals surface area (Å²) < 4.78 is 8.11. The minimum absolute atomic E-state index is 0.206. The minimum atomic E-state index is -0.439. The molecular formula is C17H23BrN4O2. The zero-order chi connectivity index (χ0) is 17.3. The van der Waals surface area contributed by atoms with Gasteiger partial charge in [-0.15, -0.1) is 0 Å². The largest absolute Gasteiger partial charge is 0.444 e. The summed E-state index contributed by atoms with van der Waals surface area (Å²) >= 11 is 3.45. The highest BCUT2D eigenvalue weighted by Gasteiger charge is 2.27. The van der Waals surface area contributed by atoms with Gasteiger partial charge in [0, 0.05) is 13.1 Å². The van der Waals surface area contributed by atoms with E-state index in [0.29, 0.717) is 5.92 Å². The maximum Gasteiger partial charge on any atom is 0.410 e. The van der Waals surface area contributed by atoms with Crippen LogP contribution in [0.15, 0.2) is 22.9 Å². The Kier molecular flexibility index (Phi) is 4.80. The monoisotopic (exact) mass is 394 g/mol. The number of rotatable bonds is 2. The highest BCUT2D eigenvalue weighted by atomic mass is 79.9. The summed E-state index contributed by atoms with van der Waals surface area (Å²) in [6.45, 7) is 7.18. The number of aromatic nitrogens is 3. The van der Waals surface area contributed by atoms with Crippen LogP contribution in [0.4, 0.5) is 4.79 Å². The topological polar surface area (TPSA) is 59.7 Å². The van der Waals surface area contributed by atoms with E-state index in [1.807, 2.05) is 42.3 Å². The summed E-state index contributed by atoms with van der Waals surface area (Å²) in [5.74, 6) is 0.538. The maximum atomic E-state index is 12.1. The summed E-state index contributed by atoms with van der Waals surface area (Å²) in [5, 5.41) is 4.63. The van der Waals surface area contributed by atoms with Gasteiger partial charge in [-0.2, -0.15) is 5.10 Å². The summed E-state index contributed by atoms with van der Waals surface area (Å²) in [5.41, 5.74) is 1.45. The molecule has 2 aromatic heterocycles. The molecule has 0 atom stereocenters. The molecule has 0 bridgehead atoms. The number of hydrogen-bond donors (Lipinski definition) is 0. The van der Waals surface area contributed by atoms with Crippen molar-refractivity contribution in [2.45, 2.75) is 45.6 Å². The van der Waals surface area contributed by atoms with Crippen molar-refractivity contribution in [3.8, 4) is 0 Å². The first-order valence-corrected chi connectivity index (χ1v) is 9.08. The van der Waals surface area contributed by atoms with Crippen LogP contribution < -0.4 is 0 Å². The first kappa shape index (κ1) is 17.2. The third kappa shape index (κ3) is 4.06. The zero-order valence-electron chi connectivity index (χ0n) is 14.3. The van der Waals surface area contributed by atoms with Crippen LogP contribution >= 0.6 is 15.9 Å². The van der Waals surface area contributed by atoms with E-state index in [1.54, 1.807) is 6.20 Å². The van der Waals surface area contributed by atoms with Crippen molar-refractivity contribution in [3.05, 3.63) is 28.6 Å². The highest BCUT2D eigenvalue weighted by molar-refractivity contribution is 9.10. The fourth-order valence-corrected chi connectivity index (χ4v) is 3.30. The lowest BCUT2D eigenvalue weighted by molar-refractivity contribution is 0.0184. The smallest absolute Gasteiger partial charge is 0.410 e. The maximum absolute atomic E-state index is 12.1. The van der Waals surface area contributed by atoms with Gasteiger partial charge in [0.15, 0.2) is 5.65 Å².